The summed E-state index contributed by atoms with van der Waals surface area (Å²) in [6.45, 7) is 2.47. The van der Waals surface area contributed by atoms with E-state index in [1.54, 1.807) is 36.8 Å². The van der Waals surface area contributed by atoms with Crippen LogP contribution in [0.4, 0.5) is 0 Å². The summed E-state index contributed by atoms with van der Waals surface area (Å²) in [6, 6.07) is 2.78. The van der Waals surface area contributed by atoms with Crippen molar-refractivity contribution in [2.75, 3.05) is 20.3 Å². The molecule has 2 aromatic heterocycles. The number of nitrogens with zero attached hydrogens (tertiary/aromatic N) is 3. The average Bonchev–Trinajstić information content (AvgIpc) is 2.88. The number of ether oxygens (including phenoxy) is 1. The minimum absolute atomic E-state index is 0.262. The molecule has 0 aliphatic heterocycles. The van der Waals surface area contributed by atoms with Gasteiger partial charge in [0.15, 0.2) is 0 Å². The van der Waals surface area contributed by atoms with Gasteiger partial charge in [0.05, 0.1) is 6.61 Å². The molecule has 0 aromatic carbocycles. The Balaban J connectivity index is 2.21. The van der Waals surface area contributed by atoms with Crippen molar-refractivity contribution >= 4 is 11.4 Å². The van der Waals surface area contributed by atoms with Gasteiger partial charge in [-0.1, -0.05) is 0 Å². The highest BCUT2D eigenvalue weighted by atomic mass is 16.5. The molecule has 1 unspecified atom stereocenters. The number of amides is 1. The van der Waals surface area contributed by atoms with Crippen molar-refractivity contribution in [3.8, 4) is 0 Å². The van der Waals surface area contributed by atoms with Crippen LogP contribution in [-0.2, 0) is 9.53 Å². The van der Waals surface area contributed by atoms with Gasteiger partial charge in [-0.15, -0.1) is 0 Å². The fourth-order valence-electron chi connectivity index (χ4n) is 1.77. The third kappa shape index (κ3) is 2.65. The molecule has 0 aliphatic rings. The van der Waals surface area contributed by atoms with Gasteiger partial charge < -0.3 is 14.5 Å². The van der Waals surface area contributed by atoms with Crippen molar-refractivity contribution in [2.24, 2.45) is 0 Å². The second kappa shape index (κ2) is 5.66. The lowest BCUT2D eigenvalue weighted by Crippen LogP contribution is -2.38. The molecule has 0 fully saturated rings. The Morgan fingerprint density at radius 3 is 3.11 bits per heavy atom. The molecule has 0 spiro atoms. The molecule has 2 heterocycles. The second-order valence-corrected chi connectivity index (χ2v) is 4.14. The van der Waals surface area contributed by atoms with Crippen LogP contribution < -0.4 is 10.9 Å². The molecule has 2 rings (SSSR count). The zero-order chi connectivity index (χ0) is 13.8. The molecule has 0 bridgehead atoms. The summed E-state index contributed by atoms with van der Waals surface area (Å²) < 4.78 is 7.64. The maximum Gasteiger partial charge on any atom is 0.291 e. The molecule has 0 saturated carbocycles. The van der Waals surface area contributed by atoms with Gasteiger partial charge in [0.25, 0.3) is 5.56 Å². The normalized spacial score (nSPS) is 12.5. The number of carbonyl (C=O) groups excluding carboxylic acids is 1. The van der Waals surface area contributed by atoms with E-state index in [0.29, 0.717) is 18.7 Å². The van der Waals surface area contributed by atoms with Crippen LogP contribution in [-0.4, -0.2) is 40.3 Å². The van der Waals surface area contributed by atoms with Crippen molar-refractivity contribution in [1.29, 1.82) is 0 Å². The van der Waals surface area contributed by atoms with Gasteiger partial charge in [0, 0.05) is 19.9 Å². The highest BCUT2D eigenvalue weighted by Gasteiger charge is 2.17. The number of methoxy groups -OCH3 is 1. The second-order valence-electron chi connectivity index (χ2n) is 4.14. The SMILES string of the molecule is COCCNC(=O)C(C)n1ncn2cccc2c1=O. The van der Waals surface area contributed by atoms with E-state index in [2.05, 4.69) is 10.4 Å². The first kappa shape index (κ1) is 13.3. The lowest BCUT2D eigenvalue weighted by Gasteiger charge is -2.13. The van der Waals surface area contributed by atoms with Crippen molar-refractivity contribution in [2.45, 2.75) is 13.0 Å². The molecule has 2 aromatic rings. The molecule has 0 saturated heterocycles. The van der Waals surface area contributed by atoms with Crippen molar-refractivity contribution in [3.63, 3.8) is 0 Å². The fraction of sp³-hybridized carbons (Fsp3) is 0.417. The topological polar surface area (TPSA) is 77.6 Å². The number of hydrogen-bond donors (Lipinski definition) is 1. The van der Waals surface area contributed by atoms with E-state index in [0.717, 1.165) is 0 Å². The molecule has 0 radical (unpaired) electrons. The zero-order valence-electron chi connectivity index (χ0n) is 10.9. The van der Waals surface area contributed by atoms with Gasteiger partial charge in [-0.25, -0.2) is 4.68 Å². The minimum Gasteiger partial charge on any atom is -0.383 e. The summed E-state index contributed by atoms with van der Waals surface area (Å²) in [7, 11) is 1.56. The largest absolute Gasteiger partial charge is 0.383 e. The number of hydrogen-bond acceptors (Lipinski definition) is 4. The van der Waals surface area contributed by atoms with Gasteiger partial charge in [-0.3, -0.25) is 9.59 Å². The lowest BCUT2D eigenvalue weighted by atomic mass is 10.3. The van der Waals surface area contributed by atoms with Crippen LogP contribution in [0.5, 0.6) is 0 Å². The first-order valence-corrected chi connectivity index (χ1v) is 5.96. The predicted molar refractivity (Wildman–Crippen MR) is 69.0 cm³/mol. The highest BCUT2D eigenvalue weighted by Crippen LogP contribution is 2.02. The van der Waals surface area contributed by atoms with Gasteiger partial charge in [0.2, 0.25) is 5.91 Å². The summed E-state index contributed by atoms with van der Waals surface area (Å²) in [5.41, 5.74) is 0.202. The van der Waals surface area contributed by atoms with Crippen molar-refractivity contribution < 1.29 is 9.53 Å². The van der Waals surface area contributed by atoms with Gasteiger partial charge in [-0.2, -0.15) is 5.10 Å². The standard InChI is InChI=1S/C12H16N4O3/c1-9(11(17)13-5-7-19-2)16-12(18)10-4-3-6-15(10)8-14-16/h3-4,6,8-9H,5,7H2,1-2H3,(H,13,17). The van der Waals surface area contributed by atoms with Crippen LogP contribution in [0.2, 0.25) is 0 Å². The van der Waals surface area contributed by atoms with E-state index in [-0.39, 0.29) is 11.5 Å². The summed E-state index contributed by atoms with van der Waals surface area (Å²) in [4.78, 5) is 24.0. The predicted octanol–water partition coefficient (Wildman–Crippen LogP) is -0.180. The smallest absolute Gasteiger partial charge is 0.291 e. The van der Waals surface area contributed by atoms with Gasteiger partial charge in [-0.05, 0) is 19.1 Å². The van der Waals surface area contributed by atoms with Crippen molar-refractivity contribution in [1.82, 2.24) is 19.5 Å². The Labute approximate surface area is 109 Å². The fourth-order valence-corrected chi connectivity index (χ4v) is 1.77. The van der Waals surface area contributed by atoms with E-state index >= 15 is 0 Å². The van der Waals surface area contributed by atoms with Gasteiger partial charge >= 0.3 is 0 Å². The summed E-state index contributed by atoms with van der Waals surface area (Å²) in [5.74, 6) is -0.262. The molecule has 7 nitrogen and oxygen atoms in total. The molecule has 0 aliphatic carbocycles. The number of fused-ring (bicyclic) bond motifs is 1. The van der Waals surface area contributed by atoms with E-state index < -0.39 is 6.04 Å². The van der Waals surface area contributed by atoms with Gasteiger partial charge in [0.1, 0.15) is 17.9 Å². The summed E-state index contributed by atoms with van der Waals surface area (Å²) >= 11 is 0. The van der Waals surface area contributed by atoms with Crippen LogP contribution >= 0.6 is 0 Å². The first-order chi connectivity index (χ1) is 9.15. The van der Waals surface area contributed by atoms with E-state index in [9.17, 15) is 9.59 Å². The van der Waals surface area contributed by atoms with Crippen molar-refractivity contribution in [3.05, 3.63) is 35.0 Å². The molecule has 19 heavy (non-hydrogen) atoms. The Morgan fingerprint density at radius 1 is 1.58 bits per heavy atom. The molecular weight excluding hydrogens is 248 g/mol. The average molecular weight is 264 g/mol. The third-order valence-electron chi connectivity index (χ3n) is 2.86. The number of aromatic nitrogens is 3. The highest BCUT2D eigenvalue weighted by molar-refractivity contribution is 5.79. The van der Waals surface area contributed by atoms with Crippen LogP contribution in [0.15, 0.2) is 29.5 Å². The molecule has 1 atom stereocenters. The maximum absolute atomic E-state index is 12.1. The lowest BCUT2D eigenvalue weighted by molar-refractivity contribution is -0.124. The maximum atomic E-state index is 12.1. The molecule has 7 heteroatoms. The minimum atomic E-state index is -0.663. The zero-order valence-corrected chi connectivity index (χ0v) is 10.9. The van der Waals surface area contributed by atoms with E-state index in [1.807, 2.05) is 0 Å². The summed E-state index contributed by atoms with van der Waals surface area (Å²) in [5, 5.41) is 6.68. The van der Waals surface area contributed by atoms with E-state index in [4.69, 9.17) is 4.74 Å². The first-order valence-electron chi connectivity index (χ1n) is 5.96. The third-order valence-corrected chi connectivity index (χ3v) is 2.86. The van der Waals surface area contributed by atoms with E-state index in [1.165, 1.54) is 11.0 Å². The quantitative estimate of drug-likeness (QED) is 0.760. The number of rotatable bonds is 5. The Morgan fingerprint density at radius 2 is 2.37 bits per heavy atom. The molecule has 1 amide bonds. The molecule has 102 valence electrons. The number of carbonyl (C=O) groups is 1. The monoisotopic (exact) mass is 264 g/mol. The van der Waals surface area contributed by atoms with Crippen LogP contribution in [0.1, 0.15) is 13.0 Å². The van der Waals surface area contributed by atoms with Crippen LogP contribution in [0, 0.1) is 0 Å². The Kier molecular flexibility index (Phi) is 3.96. The van der Waals surface area contributed by atoms with Crippen LogP contribution in [0.3, 0.4) is 0 Å². The number of nitrogens with one attached hydrogen (secondary N) is 1. The molecular formula is C12H16N4O3. The van der Waals surface area contributed by atoms with Crippen LogP contribution in [0.25, 0.3) is 5.52 Å². The Hall–Kier alpha value is -2.15. The summed E-state index contributed by atoms with van der Waals surface area (Å²) in [6.07, 6.45) is 3.24. The Bertz CT molecular complexity index is 631. The molecule has 1 N–H and O–H groups in total.